The summed E-state index contributed by atoms with van der Waals surface area (Å²) in [5.41, 5.74) is 0. The second-order valence-electron chi connectivity index (χ2n) is 2.67. The molecule has 0 bridgehead atoms. The van der Waals surface area contributed by atoms with Crippen molar-refractivity contribution in [3.63, 3.8) is 0 Å². The minimum absolute atomic E-state index is 0. The maximum absolute atomic E-state index is 5.88. The van der Waals surface area contributed by atoms with Gasteiger partial charge in [0.2, 0.25) is 0 Å². The van der Waals surface area contributed by atoms with Crippen molar-refractivity contribution in [1.82, 2.24) is 0 Å². The van der Waals surface area contributed by atoms with E-state index in [0.717, 1.165) is 0 Å². The molecule has 0 amide bonds. The Balaban J connectivity index is -0.0000000411. The van der Waals surface area contributed by atoms with E-state index in [-0.39, 0.29) is 96.4 Å². The molecule has 8 N–H and O–H groups in total. The van der Waals surface area contributed by atoms with Gasteiger partial charge in [0.25, 0.3) is 0 Å². The Hall–Kier alpha value is 3.93. The summed E-state index contributed by atoms with van der Waals surface area (Å²) in [6, 6.07) is 0. The first-order valence-corrected chi connectivity index (χ1v) is 5.93. The zero-order valence-electron chi connectivity index (χ0n) is 10.2. The van der Waals surface area contributed by atoms with Gasteiger partial charge in [0, 0.05) is 21.7 Å². The largest absolute Gasteiger partial charge is 1.00 e. The number of hydrogen-bond acceptors (Lipinski definition) is 0. The number of rotatable bonds is 0. The van der Waals surface area contributed by atoms with Gasteiger partial charge in [-0.25, -0.2) is 0 Å². The van der Waals surface area contributed by atoms with Crippen molar-refractivity contribution in [2.75, 3.05) is 0 Å². The fourth-order valence-electron chi connectivity index (χ4n) is 1.05. The molecule has 0 atom stereocenters. The van der Waals surface area contributed by atoms with E-state index in [2.05, 4.69) is 0 Å². The second kappa shape index (κ2) is 17.3. The topological polar surface area (TPSA) is 126 Å². The smallest absolute Gasteiger partial charge is 1.00 e. The molecule has 4 nitrogen and oxygen atoms in total. The molecule has 110 valence electrons. The van der Waals surface area contributed by atoms with Gasteiger partial charge in [-0.2, -0.15) is 0 Å². The van der Waals surface area contributed by atoms with E-state index in [1.54, 1.807) is 0 Å². The Morgan fingerprint density at radius 1 is 0.444 bits per heavy atom. The van der Waals surface area contributed by atoms with Crippen LogP contribution in [0.4, 0.5) is 0 Å². The third-order valence-corrected chi connectivity index (χ3v) is 5.86. The van der Waals surface area contributed by atoms with Crippen LogP contribution in [0.3, 0.4) is 0 Å². The van der Waals surface area contributed by atoms with Crippen molar-refractivity contribution in [2.24, 2.45) is 0 Å². The normalized spacial score (nSPS) is 37.0. The third-order valence-electron chi connectivity index (χ3n) is 1.83. The first kappa shape index (κ1) is 37.9. The first-order chi connectivity index (χ1) is 5.46. The van der Waals surface area contributed by atoms with E-state index in [0.29, 0.717) is 0 Å². The minimum atomic E-state index is -0.437. The quantitative estimate of drug-likeness (QED) is 0.285. The molecule has 1 aliphatic rings. The molecule has 0 spiro atoms. The number of halogens is 6. The Bertz CT molecular complexity index is 133. The van der Waals surface area contributed by atoms with Crippen LogP contribution in [0.15, 0.2) is 0 Å². The summed E-state index contributed by atoms with van der Waals surface area (Å²) in [6.45, 7) is 0. The molecule has 1 fully saturated rings. The van der Waals surface area contributed by atoms with Crippen molar-refractivity contribution in [2.45, 2.75) is 32.3 Å². The monoisotopic (exact) mass is 448 g/mol. The molecule has 1 rings (SSSR count). The predicted molar refractivity (Wildman–Crippen MR) is 73.4 cm³/mol. The van der Waals surface area contributed by atoms with Gasteiger partial charge in [-0.15, -0.1) is 69.6 Å². The fourth-order valence-corrected chi connectivity index (χ4v) is 3.38. The molecule has 0 aromatic carbocycles. The van der Waals surface area contributed by atoms with Crippen molar-refractivity contribution in [3.05, 3.63) is 0 Å². The molecular weight excluding hydrogens is 436 g/mol. The summed E-state index contributed by atoms with van der Waals surface area (Å²) in [6.07, 6.45) is 0. The maximum atomic E-state index is 5.88. The van der Waals surface area contributed by atoms with E-state index in [9.17, 15) is 0 Å². The zero-order valence-corrected chi connectivity index (χ0v) is 18.5. The van der Waals surface area contributed by atoms with Crippen LogP contribution in [-0.4, -0.2) is 54.2 Å². The molecule has 0 saturated heterocycles. The van der Waals surface area contributed by atoms with E-state index in [4.69, 9.17) is 69.6 Å². The van der Waals surface area contributed by atoms with Crippen molar-refractivity contribution >= 4 is 69.6 Å². The zero-order chi connectivity index (χ0) is 9.46. The third kappa shape index (κ3) is 9.16. The van der Waals surface area contributed by atoms with Crippen LogP contribution < -0.4 is 51.4 Å². The molecule has 0 unspecified atom stereocenters. The van der Waals surface area contributed by atoms with Crippen molar-refractivity contribution in [3.8, 4) is 0 Å². The Morgan fingerprint density at radius 3 is 0.556 bits per heavy atom. The Kier molecular flexibility index (Phi) is 36.4. The van der Waals surface area contributed by atoms with Crippen LogP contribution in [0, 0.1) is 0 Å². The first-order valence-electron chi connectivity index (χ1n) is 3.31. The van der Waals surface area contributed by atoms with Gasteiger partial charge in [0.05, 0.1) is 32.3 Å². The SMILES string of the molecule is ClC1C(Cl)C(Cl)C(Cl)C(Cl)C1Cl.O.O.O.O.[H-].[K+].[Ti]. The average molecular weight is 451 g/mol. The average Bonchev–Trinajstić information content (AvgIpc) is 2.08. The molecule has 0 aliphatic heterocycles. The Labute approximate surface area is 195 Å². The van der Waals surface area contributed by atoms with Crippen LogP contribution in [-0.2, 0) is 21.7 Å². The predicted octanol–water partition coefficient (Wildman–Crippen LogP) is -2.54. The van der Waals surface area contributed by atoms with Gasteiger partial charge in [0.1, 0.15) is 0 Å². The summed E-state index contributed by atoms with van der Waals surface area (Å²) in [5.74, 6) is 0. The van der Waals surface area contributed by atoms with E-state index in [1.807, 2.05) is 0 Å². The summed E-state index contributed by atoms with van der Waals surface area (Å²) < 4.78 is 0. The molecule has 0 aromatic heterocycles. The van der Waals surface area contributed by atoms with Gasteiger partial charge < -0.3 is 23.3 Å². The molecular formula is C6H15Cl6KO4Ti. The standard InChI is InChI=1S/C6H6Cl6.K.4H2O.Ti.H/c7-1-2(8)4(10)6(12)5(11)3(1)9;;;;;;;/h1-6H;;4*1H2;;/q;+1;;;;;;-1. The summed E-state index contributed by atoms with van der Waals surface area (Å²) in [4.78, 5) is 0. The maximum Gasteiger partial charge on any atom is 1.00 e. The van der Waals surface area contributed by atoms with Gasteiger partial charge in [0.15, 0.2) is 0 Å². The number of alkyl halides is 6. The van der Waals surface area contributed by atoms with Crippen LogP contribution in [0.25, 0.3) is 0 Å². The summed E-state index contributed by atoms with van der Waals surface area (Å²) >= 11 is 35.3. The summed E-state index contributed by atoms with van der Waals surface area (Å²) in [5, 5.41) is -2.62. The van der Waals surface area contributed by atoms with E-state index >= 15 is 0 Å². The molecule has 0 radical (unpaired) electrons. The van der Waals surface area contributed by atoms with Crippen LogP contribution in [0.5, 0.6) is 0 Å². The second-order valence-corrected chi connectivity index (χ2v) is 5.69. The van der Waals surface area contributed by atoms with Crippen molar-refractivity contribution in [1.29, 1.82) is 0 Å². The van der Waals surface area contributed by atoms with E-state index < -0.39 is 32.3 Å². The number of hydrogen-bond donors (Lipinski definition) is 0. The van der Waals surface area contributed by atoms with E-state index in [1.165, 1.54) is 0 Å². The molecule has 12 heteroatoms. The summed E-state index contributed by atoms with van der Waals surface area (Å²) in [7, 11) is 0. The van der Waals surface area contributed by atoms with Crippen LogP contribution in [0.2, 0.25) is 0 Å². The fraction of sp³-hybridized carbons (Fsp3) is 1.00. The molecule has 0 aromatic rings. The van der Waals surface area contributed by atoms with Gasteiger partial charge in [-0.3, -0.25) is 0 Å². The molecule has 18 heavy (non-hydrogen) atoms. The van der Waals surface area contributed by atoms with Gasteiger partial charge in [-0.1, -0.05) is 0 Å². The van der Waals surface area contributed by atoms with Crippen LogP contribution in [0.1, 0.15) is 1.43 Å². The molecule has 0 heterocycles. The van der Waals surface area contributed by atoms with Gasteiger partial charge >= 0.3 is 51.4 Å². The Morgan fingerprint density at radius 2 is 0.500 bits per heavy atom. The molecule has 1 aliphatic carbocycles. The molecule has 1 saturated carbocycles. The minimum Gasteiger partial charge on any atom is -1.00 e. The van der Waals surface area contributed by atoms with Crippen LogP contribution >= 0.6 is 69.6 Å². The van der Waals surface area contributed by atoms with Gasteiger partial charge in [-0.05, 0) is 0 Å². The van der Waals surface area contributed by atoms with Crippen molar-refractivity contribution < 1.29 is 96.4 Å².